The lowest BCUT2D eigenvalue weighted by Gasteiger charge is -2.24. The van der Waals surface area contributed by atoms with Gasteiger partial charge in [0.2, 0.25) is 0 Å². The zero-order valence-corrected chi connectivity index (χ0v) is 24.7. The second-order valence-corrected chi connectivity index (χ2v) is 11.8. The molecule has 0 saturated heterocycles. The summed E-state index contributed by atoms with van der Waals surface area (Å²) in [4.78, 5) is 0. The van der Waals surface area contributed by atoms with Gasteiger partial charge in [0.1, 0.15) is 50.4 Å². The first kappa shape index (κ1) is 25.2. The molecule has 0 bridgehead atoms. The van der Waals surface area contributed by atoms with E-state index in [9.17, 15) is 0 Å². The predicted molar refractivity (Wildman–Crippen MR) is 198 cm³/mol. The van der Waals surface area contributed by atoms with Crippen LogP contribution in [0.1, 0.15) is 0 Å². The van der Waals surface area contributed by atoms with Crippen molar-refractivity contribution in [2.24, 2.45) is 0 Å². The molecule has 8 aromatic rings. The lowest BCUT2D eigenvalue weighted by atomic mass is 9.59. The third-order valence-corrected chi connectivity index (χ3v) is 9.83. The summed E-state index contributed by atoms with van der Waals surface area (Å²) in [7, 11) is 11.4. The van der Waals surface area contributed by atoms with Crippen LogP contribution in [0.25, 0.3) is 76.5 Å². The molecule has 0 aliphatic rings. The van der Waals surface area contributed by atoms with Crippen molar-refractivity contribution in [1.29, 1.82) is 0 Å². The van der Waals surface area contributed by atoms with Crippen molar-refractivity contribution in [3.63, 3.8) is 0 Å². The minimum absolute atomic E-state index is 0.923. The summed E-state index contributed by atoms with van der Waals surface area (Å²) in [5, 5.41) is 9.95. The number of rotatable bonds is 2. The van der Waals surface area contributed by atoms with Crippen LogP contribution in [0.5, 0.6) is 0 Å². The molecule has 192 valence electrons. The summed E-state index contributed by atoms with van der Waals surface area (Å²) in [6.07, 6.45) is 0. The van der Waals surface area contributed by atoms with E-state index in [0.717, 1.165) is 16.6 Å². The maximum atomic E-state index is 6.36. The van der Waals surface area contributed by atoms with Crippen molar-refractivity contribution in [3.05, 3.63) is 103 Å². The van der Waals surface area contributed by atoms with E-state index in [1.165, 1.54) is 87.3 Å². The summed E-state index contributed by atoms with van der Waals surface area (Å²) in [5.74, 6) is 0. The Hall–Kier alpha value is -4.56. The fraction of sp³-hybridized carbons (Fsp3) is 0. The Morgan fingerprint density at radius 1 is 0.381 bits per heavy atom. The monoisotopic (exact) mass is 530 g/mol. The van der Waals surface area contributed by atoms with Gasteiger partial charge in [-0.25, -0.2) is 0 Å². The third-order valence-electron chi connectivity index (χ3n) is 9.83. The maximum absolute atomic E-state index is 6.36. The smallest absolute Gasteiger partial charge is 0.139 e. The average molecular weight is 530 g/mol. The maximum Gasteiger partial charge on any atom is 0.139 e. The minimum Gasteiger partial charge on any atom is -0.456 e. The molecule has 8 rings (SSSR count). The first-order chi connectivity index (χ1) is 20.4. The topological polar surface area (TPSA) is 13.1 Å². The van der Waals surface area contributed by atoms with Crippen LogP contribution in [0.4, 0.5) is 0 Å². The van der Waals surface area contributed by atoms with Crippen LogP contribution >= 0.6 is 0 Å². The molecule has 1 nitrogen and oxygen atoms in total. The van der Waals surface area contributed by atoms with E-state index < -0.39 is 0 Å². The molecule has 0 atom stereocenters. The highest BCUT2D eigenvalue weighted by Crippen LogP contribution is 2.44. The van der Waals surface area contributed by atoms with E-state index in [4.69, 9.17) is 4.42 Å². The molecular formula is C36H27B5O. The molecule has 0 N–H and O–H groups in total. The molecular weight excluding hydrogens is 502 g/mol. The van der Waals surface area contributed by atoms with Crippen molar-refractivity contribution >= 4 is 121 Å². The molecule has 0 aliphatic heterocycles. The minimum atomic E-state index is 0.923. The van der Waals surface area contributed by atoms with Gasteiger partial charge < -0.3 is 4.42 Å². The number of furan rings is 1. The fourth-order valence-corrected chi connectivity index (χ4v) is 7.29. The number of hydrogen-bond donors (Lipinski definition) is 0. The van der Waals surface area contributed by atoms with Gasteiger partial charge in [0.05, 0.1) is 0 Å². The molecule has 0 spiro atoms. The number of benzene rings is 7. The molecule has 6 heteroatoms. The van der Waals surface area contributed by atoms with E-state index in [1.807, 2.05) is 0 Å². The summed E-state index contributed by atoms with van der Waals surface area (Å²) in [6, 6.07) is 37.5. The normalized spacial score (nSPS) is 11.8. The Labute approximate surface area is 250 Å². The highest BCUT2D eigenvalue weighted by atomic mass is 16.3. The van der Waals surface area contributed by atoms with Crippen LogP contribution in [0, 0.1) is 0 Å². The summed E-state index contributed by atoms with van der Waals surface area (Å²) in [6.45, 7) is 0. The van der Waals surface area contributed by atoms with Gasteiger partial charge in [-0.15, -0.1) is 16.4 Å². The highest BCUT2D eigenvalue weighted by Gasteiger charge is 2.21. The van der Waals surface area contributed by atoms with Gasteiger partial charge in [0, 0.05) is 10.8 Å². The zero-order valence-electron chi connectivity index (χ0n) is 24.7. The molecule has 0 aliphatic carbocycles. The van der Waals surface area contributed by atoms with Gasteiger partial charge in [-0.1, -0.05) is 95.9 Å². The van der Waals surface area contributed by atoms with Crippen LogP contribution in [-0.4, -0.2) is 39.2 Å². The van der Waals surface area contributed by atoms with E-state index in [2.05, 4.69) is 142 Å². The number of fused-ring (bicyclic) bond motifs is 7. The SMILES string of the molecule is Bc1c(B)c(B)c(-c2c3ccccc3c(-c3ccc4oc5ccc6ccccc6c5c4c3)c3ccccc23)c(B)c1B. The van der Waals surface area contributed by atoms with Gasteiger partial charge in [-0.05, 0) is 72.8 Å². The second kappa shape index (κ2) is 9.23. The van der Waals surface area contributed by atoms with Gasteiger partial charge in [0.25, 0.3) is 0 Å². The molecule has 0 unspecified atom stereocenters. The predicted octanol–water partition coefficient (Wildman–Crippen LogP) is 1.67. The summed E-state index contributed by atoms with van der Waals surface area (Å²) in [5.41, 5.74) is 14.0. The zero-order chi connectivity index (χ0) is 28.7. The Bertz CT molecular complexity index is 2340. The van der Waals surface area contributed by atoms with Crippen molar-refractivity contribution in [2.75, 3.05) is 0 Å². The Balaban J connectivity index is 1.52. The first-order valence-electron chi connectivity index (χ1n) is 14.8. The third kappa shape index (κ3) is 3.45. The largest absolute Gasteiger partial charge is 0.456 e. The average Bonchev–Trinajstić information content (AvgIpc) is 3.41. The van der Waals surface area contributed by atoms with E-state index >= 15 is 0 Å². The van der Waals surface area contributed by atoms with Crippen LogP contribution in [0.3, 0.4) is 0 Å². The van der Waals surface area contributed by atoms with Crippen LogP contribution in [-0.2, 0) is 0 Å². The van der Waals surface area contributed by atoms with Crippen molar-refractivity contribution in [1.82, 2.24) is 0 Å². The molecule has 0 radical (unpaired) electrons. The standard InChI is InChI=1S/C36H27B5O/c37-32-31(33(38)35(40)36(41)34(32)39)30-23-11-5-3-9-21(23)28(22-10-4-6-12-24(22)30)19-14-15-26-25(17-19)29-20-8-2-1-7-18(20)13-16-27(29)42-26/h1-17H,37-41H2. The molecule has 1 aromatic heterocycles. The van der Waals surface area contributed by atoms with Crippen LogP contribution < -0.4 is 27.3 Å². The van der Waals surface area contributed by atoms with Crippen molar-refractivity contribution in [3.8, 4) is 22.3 Å². The van der Waals surface area contributed by atoms with E-state index in [1.54, 1.807) is 0 Å². The van der Waals surface area contributed by atoms with Crippen molar-refractivity contribution in [2.45, 2.75) is 0 Å². The molecule has 42 heavy (non-hydrogen) atoms. The molecule has 7 aromatic carbocycles. The van der Waals surface area contributed by atoms with E-state index in [0.29, 0.717) is 0 Å². The summed E-state index contributed by atoms with van der Waals surface area (Å²) < 4.78 is 6.36. The molecule has 0 saturated carbocycles. The summed E-state index contributed by atoms with van der Waals surface area (Å²) >= 11 is 0. The Morgan fingerprint density at radius 3 is 1.50 bits per heavy atom. The van der Waals surface area contributed by atoms with Crippen LogP contribution in [0.15, 0.2) is 108 Å². The fourth-order valence-electron chi connectivity index (χ4n) is 7.29. The van der Waals surface area contributed by atoms with Crippen molar-refractivity contribution < 1.29 is 4.42 Å². The molecule has 1 heterocycles. The lowest BCUT2D eigenvalue weighted by molar-refractivity contribution is 0.669. The lowest BCUT2D eigenvalue weighted by Crippen LogP contribution is -2.55. The van der Waals surface area contributed by atoms with Gasteiger partial charge in [0.15, 0.2) is 0 Å². The first-order valence-corrected chi connectivity index (χ1v) is 14.8. The Kier molecular flexibility index (Phi) is 5.53. The quantitative estimate of drug-likeness (QED) is 0.245. The Morgan fingerprint density at radius 2 is 0.881 bits per heavy atom. The van der Waals surface area contributed by atoms with Gasteiger partial charge in [-0.3, -0.25) is 0 Å². The molecule has 0 amide bonds. The van der Waals surface area contributed by atoms with Crippen LogP contribution in [0.2, 0.25) is 0 Å². The number of hydrogen-bond acceptors (Lipinski definition) is 1. The second-order valence-electron chi connectivity index (χ2n) is 11.8. The highest BCUT2D eigenvalue weighted by molar-refractivity contribution is 6.69. The van der Waals surface area contributed by atoms with E-state index in [-0.39, 0.29) is 0 Å². The molecule has 0 fully saturated rings. The van der Waals surface area contributed by atoms with Gasteiger partial charge in [-0.2, -0.15) is 0 Å². The van der Waals surface area contributed by atoms with Gasteiger partial charge >= 0.3 is 0 Å².